The molecule has 3 aromatic rings. The molecule has 1 aliphatic carbocycles. The average Bonchev–Trinajstić information content (AvgIpc) is 3.73. The number of aromatic nitrogens is 4. The van der Waals surface area contributed by atoms with Crippen molar-refractivity contribution in [3.05, 3.63) is 48.3 Å². The molecule has 1 unspecified atom stereocenters. The molecule has 0 radical (unpaired) electrons. The van der Waals surface area contributed by atoms with Crippen molar-refractivity contribution in [1.29, 1.82) is 0 Å². The lowest BCUT2D eigenvalue weighted by Crippen LogP contribution is -2.52. The number of ether oxygens (including phenoxy) is 1. The number of nitrogens with one attached hydrogen (secondary N) is 4. The zero-order valence-corrected chi connectivity index (χ0v) is 25.0. The molecular weight excluding hydrogens is 608 g/mol. The second-order valence-electron chi connectivity index (χ2n) is 10.7. The third-order valence-corrected chi connectivity index (χ3v) is 8.79. The van der Waals surface area contributed by atoms with Crippen LogP contribution in [-0.4, -0.2) is 119 Å². The summed E-state index contributed by atoms with van der Waals surface area (Å²) in [4.78, 5) is 39.2. The molecule has 3 amide bonds. The standard InChI is InChI=1S/C27H34N10O7S/c38-25(28-15-21-16-36(11-12-44-21)30-17-29-27(40)41)14-23(26(39)37(20-6-7-20)10-9-24-31-34-35-32-24)33-45(42,43)22-8-5-18-3-1-2-4-19(18)13-22/h1-5,8,13,17,20-21,23,33H,6-7,9-12,14-16H2,(H,28,38)(H,29,30)(H,40,41)(H,31,32,34,35)/t21?,23-/m0/s1. The van der Waals surface area contributed by atoms with Gasteiger partial charge in [-0.15, -0.1) is 5.10 Å². The van der Waals surface area contributed by atoms with E-state index in [1.165, 1.54) is 12.1 Å². The van der Waals surface area contributed by atoms with Crippen LogP contribution in [0.3, 0.4) is 0 Å². The van der Waals surface area contributed by atoms with Crippen molar-refractivity contribution in [2.45, 2.75) is 48.8 Å². The monoisotopic (exact) mass is 642 g/mol. The number of carbonyl (C=O) groups is 3. The number of tetrazole rings is 1. The quantitative estimate of drug-likeness (QED) is 0.113. The normalized spacial score (nSPS) is 17.7. The van der Waals surface area contributed by atoms with Crippen molar-refractivity contribution in [1.82, 2.24) is 45.9 Å². The molecule has 2 atom stereocenters. The summed E-state index contributed by atoms with van der Waals surface area (Å²) >= 11 is 0. The maximum atomic E-state index is 13.9. The Bertz CT molecular complexity index is 1630. The fourth-order valence-corrected chi connectivity index (χ4v) is 6.15. The van der Waals surface area contributed by atoms with Gasteiger partial charge in [-0.25, -0.2) is 18.3 Å². The summed E-state index contributed by atoms with van der Waals surface area (Å²) in [6, 6.07) is 10.5. The zero-order valence-electron chi connectivity index (χ0n) is 24.2. The van der Waals surface area contributed by atoms with Crippen molar-refractivity contribution in [3.63, 3.8) is 0 Å². The fourth-order valence-electron chi connectivity index (χ4n) is 4.92. The van der Waals surface area contributed by atoms with Gasteiger partial charge in [-0.3, -0.25) is 19.9 Å². The van der Waals surface area contributed by atoms with Gasteiger partial charge in [-0.05, 0) is 46.2 Å². The summed E-state index contributed by atoms with van der Waals surface area (Å²) in [5.41, 5.74) is 0. The number of sulfonamides is 1. The molecule has 2 aromatic carbocycles. The predicted octanol–water partition coefficient (Wildman–Crippen LogP) is -0.348. The molecule has 5 rings (SSSR count). The maximum Gasteiger partial charge on any atom is 0.409 e. The number of benzene rings is 2. The van der Waals surface area contributed by atoms with E-state index >= 15 is 0 Å². The SMILES string of the molecule is O=C(O)N/C=N/N1CCOC(CNC(=O)C[C@H](NS(=O)(=O)c2ccc3ccccc3c2)C(=O)N(CCc2nnn[nH]2)C2CC2)C1. The first-order valence-corrected chi connectivity index (χ1v) is 15.9. The minimum absolute atomic E-state index is 0.0289. The number of fused-ring (bicyclic) bond motifs is 1. The third-order valence-electron chi connectivity index (χ3n) is 7.32. The van der Waals surface area contributed by atoms with E-state index in [9.17, 15) is 22.8 Å². The third kappa shape index (κ3) is 8.93. The van der Waals surface area contributed by atoms with E-state index in [0.717, 1.165) is 24.6 Å². The number of hydrogen-bond donors (Lipinski definition) is 5. The Morgan fingerprint density at radius 2 is 2.00 bits per heavy atom. The lowest BCUT2D eigenvalue weighted by atomic mass is 10.1. The number of H-pyrrole nitrogens is 1. The second-order valence-corrected chi connectivity index (χ2v) is 12.4. The lowest BCUT2D eigenvalue weighted by molar-refractivity contribution is -0.136. The van der Waals surface area contributed by atoms with Gasteiger partial charge in [-0.1, -0.05) is 30.3 Å². The van der Waals surface area contributed by atoms with Crippen molar-refractivity contribution in [2.75, 3.05) is 32.8 Å². The van der Waals surface area contributed by atoms with Crippen LogP contribution in [0.5, 0.6) is 0 Å². The molecule has 240 valence electrons. The Morgan fingerprint density at radius 3 is 2.73 bits per heavy atom. The highest BCUT2D eigenvalue weighted by atomic mass is 32.2. The average molecular weight is 643 g/mol. The molecule has 18 heteroatoms. The summed E-state index contributed by atoms with van der Waals surface area (Å²) in [7, 11) is -4.21. The molecule has 0 spiro atoms. The summed E-state index contributed by atoms with van der Waals surface area (Å²) < 4.78 is 35.3. The number of hydrazone groups is 1. The first-order valence-electron chi connectivity index (χ1n) is 14.4. The van der Waals surface area contributed by atoms with Crippen LogP contribution in [0, 0.1) is 0 Å². The van der Waals surface area contributed by atoms with Gasteiger partial charge in [0, 0.05) is 25.6 Å². The molecule has 45 heavy (non-hydrogen) atoms. The Labute approximate surface area is 258 Å². The van der Waals surface area contributed by atoms with Gasteiger partial charge in [0.25, 0.3) is 0 Å². The highest BCUT2D eigenvalue weighted by Gasteiger charge is 2.38. The van der Waals surface area contributed by atoms with E-state index in [1.54, 1.807) is 28.1 Å². The minimum atomic E-state index is -4.21. The Hall–Kier alpha value is -4.68. The molecular formula is C27H34N10O7S. The molecule has 2 aliphatic rings. The molecule has 1 aliphatic heterocycles. The van der Waals surface area contributed by atoms with E-state index in [4.69, 9.17) is 9.84 Å². The molecule has 1 saturated carbocycles. The molecule has 5 N–H and O–H groups in total. The Kier molecular flexibility index (Phi) is 10.2. The highest BCUT2D eigenvalue weighted by molar-refractivity contribution is 7.89. The Morgan fingerprint density at radius 1 is 1.20 bits per heavy atom. The summed E-state index contributed by atoms with van der Waals surface area (Å²) in [5.74, 6) is -0.601. The van der Waals surface area contributed by atoms with Crippen molar-refractivity contribution in [3.8, 4) is 0 Å². The van der Waals surface area contributed by atoms with Gasteiger partial charge in [0.1, 0.15) is 18.2 Å². The fraction of sp³-hybridized carbons (Fsp3) is 0.444. The molecule has 2 fully saturated rings. The Balaban J connectivity index is 1.28. The van der Waals surface area contributed by atoms with Gasteiger partial charge in [0.05, 0.1) is 37.1 Å². The van der Waals surface area contributed by atoms with E-state index < -0.39 is 46.5 Å². The van der Waals surface area contributed by atoms with Crippen LogP contribution in [0.15, 0.2) is 52.5 Å². The van der Waals surface area contributed by atoms with Crippen molar-refractivity contribution in [2.24, 2.45) is 5.10 Å². The van der Waals surface area contributed by atoms with E-state index in [0.29, 0.717) is 30.8 Å². The summed E-state index contributed by atoms with van der Waals surface area (Å²) in [6.07, 6.45) is 0.735. The smallest absolute Gasteiger partial charge is 0.409 e. The number of amides is 3. The van der Waals surface area contributed by atoms with Gasteiger partial charge >= 0.3 is 6.09 Å². The number of nitrogens with zero attached hydrogens (tertiary/aromatic N) is 6. The van der Waals surface area contributed by atoms with Gasteiger partial charge in [-0.2, -0.15) is 9.82 Å². The van der Waals surface area contributed by atoms with Gasteiger partial charge in [0.2, 0.25) is 21.8 Å². The van der Waals surface area contributed by atoms with Crippen LogP contribution < -0.4 is 15.4 Å². The van der Waals surface area contributed by atoms with E-state index in [2.05, 4.69) is 35.8 Å². The molecule has 17 nitrogen and oxygen atoms in total. The van der Waals surface area contributed by atoms with Crippen LogP contribution >= 0.6 is 0 Å². The van der Waals surface area contributed by atoms with Crippen LogP contribution in [0.4, 0.5) is 4.79 Å². The van der Waals surface area contributed by atoms with Crippen molar-refractivity contribution < 1.29 is 32.6 Å². The largest absolute Gasteiger partial charge is 0.465 e. The van der Waals surface area contributed by atoms with Crippen LogP contribution in [0.2, 0.25) is 0 Å². The number of morpholine rings is 1. The van der Waals surface area contributed by atoms with E-state index in [-0.39, 0.29) is 30.6 Å². The molecule has 0 bridgehead atoms. The van der Waals surface area contributed by atoms with Crippen LogP contribution in [0.1, 0.15) is 25.1 Å². The lowest BCUT2D eigenvalue weighted by Gasteiger charge is -2.31. The summed E-state index contributed by atoms with van der Waals surface area (Å²) in [6.45, 7) is 1.31. The van der Waals surface area contributed by atoms with Crippen molar-refractivity contribution >= 4 is 45.0 Å². The van der Waals surface area contributed by atoms with Crippen LogP contribution in [-0.2, 0) is 30.8 Å². The first-order chi connectivity index (χ1) is 21.7. The van der Waals surface area contributed by atoms with Gasteiger partial charge in [0.15, 0.2) is 0 Å². The van der Waals surface area contributed by atoms with Gasteiger partial charge < -0.3 is 20.1 Å². The first kappa shape index (κ1) is 31.7. The zero-order chi connectivity index (χ0) is 31.8. The number of aromatic amines is 1. The van der Waals surface area contributed by atoms with E-state index in [1.807, 2.05) is 17.4 Å². The molecule has 1 aromatic heterocycles. The number of rotatable bonds is 14. The second kappa shape index (κ2) is 14.4. The summed E-state index contributed by atoms with van der Waals surface area (Å²) in [5, 5.41) is 34.3. The number of hydrogen-bond acceptors (Lipinski definition) is 11. The number of carbonyl (C=O) groups excluding carboxylic acids is 2. The minimum Gasteiger partial charge on any atom is -0.465 e. The highest BCUT2D eigenvalue weighted by Crippen LogP contribution is 2.28. The number of carboxylic acid groups (broad SMARTS) is 1. The van der Waals surface area contributed by atoms with Crippen LogP contribution in [0.25, 0.3) is 10.8 Å². The molecule has 1 saturated heterocycles. The molecule has 2 heterocycles. The maximum absolute atomic E-state index is 13.9. The topological polar surface area (TPSA) is 224 Å². The predicted molar refractivity (Wildman–Crippen MR) is 159 cm³/mol.